The fraction of sp³-hybridized carbons (Fsp3) is 0. The number of anilines is 1. The smallest absolute Gasteiger partial charge is 0.184 e. The Morgan fingerprint density at radius 3 is 2.59 bits per heavy atom. The van der Waals surface area contributed by atoms with Gasteiger partial charge in [-0.3, -0.25) is 4.57 Å². The second-order valence-corrected chi connectivity index (χ2v) is 3.24. The average molecular weight is 272 g/mol. The van der Waals surface area contributed by atoms with Crippen LogP contribution in [0, 0.1) is 0 Å². The van der Waals surface area contributed by atoms with Crippen molar-refractivity contribution in [1.82, 2.24) is 19.2 Å². The molecule has 0 fully saturated rings. The summed E-state index contributed by atoms with van der Waals surface area (Å²) in [4.78, 5) is 3.97. The minimum absolute atomic E-state index is 0. The van der Waals surface area contributed by atoms with Crippen LogP contribution in [0.15, 0.2) is 43.1 Å². The molecule has 0 radical (unpaired) electrons. The molecule has 7 heteroatoms. The van der Waals surface area contributed by atoms with Gasteiger partial charge in [0.25, 0.3) is 0 Å². The molecule has 0 saturated carbocycles. The van der Waals surface area contributed by atoms with Gasteiger partial charge in [-0.1, -0.05) is 6.07 Å². The summed E-state index contributed by atoms with van der Waals surface area (Å²) in [6, 6.07) is 5.78. The molecule has 3 heterocycles. The van der Waals surface area contributed by atoms with Crippen LogP contribution in [0.4, 0.5) is 5.69 Å². The summed E-state index contributed by atoms with van der Waals surface area (Å²) in [5.74, 6) is 0.707. The Labute approximate surface area is 110 Å². The Morgan fingerprint density at radius 2 is 1.94 bits per heavy atom. The molecule has 5 nitrogen and oxygen atoms in total. The quantitative estimate of drug-likeness (QED) is 0.736. The molecule has 3 aromatic rings. The number of fused-ring (bicyclic) bond motifs is 1. The largest absolute Gasteiger partial charge is 0.394 e. The molecule has 90 valence electrons. The summed E-state index contributed by atoms with van der Waals surface area (Å²) < 4.78 is 3.55. The number of pyridine rings is 1. The second kappa shape index (κ2) is 5.07. The Hall–Kier alpha value is -1.72. The molecule has 17 heavy (non-hydrogen) atoms. The van der Waals surface area contributed by atoms with E-state index in [-0.39, 0.29) is 24.8 Å². The van der Waals surface area contributed by atoms with Gasteiger partial charge >= 0.3 is 0 Å². The Balaban J connectivity index is 0.000000722. The topological polar surface area (TPSA) is 61.1 Å². The normalized spacial score (nSPS) is 9.65. The molecular formula is C10H11Cl2N5. The van der Waals surface area contributed by atoms with E-state index in [1.54, 1.807) is 21.6 Å². The van der Waals surface area contributed by atoms with E-state index in [1.165, 1.54) is 0 Å². The zero-order valence-electron chi connectivity index (χ0n) is 8.72. The van der Waals surface area contributed by atoms with Crippen molar-refractivity contribution in [3.63, 3.8) is 0 Å². The second-order valence-electron chi connectivity index (χ2n) is 3.24. The molecule has 0 unspecified atom stereocenters. The van der Waals surface area contributed by atoms with Gasteiger partial charge in [0.15, 0.2) is 5.82 Å². The Bertz CT molecular complexity index is 602. The van der Waals surface area contributed by atoms with Crippen molar-refractivity contribution in [2.45, 2.75) is 0 Å². The average Bonchev–Trinajstić information content (AvgIpc) is 2.87. The monoisotopic (exact) mass is 271 g/mol. The predicted octanol–water partition coefficient (Wildman–Crippen LogP) is 1.95. The lowest BCUT2D eigenvalue weighted by atomic mass is 10.3. The summed E-state index contributed by atoms with van der Waals surface area (Å²) in [7, 11) is 0. The lowest BCUT2D eigenvalue weighted by molar-refractivity contribution is 0.896. The van der Waals surface area contributed by atoms with E-state index >= 15 is 0 Å². The van der Waals surface area contributed by atoms with Crippen LogP contribution in [0.3, 0.4) is 0 Å². The number of aromatic nitrogens is 4. The maximum atomic E-state index is 6.00. The van der Waals surface area contributed by atoms with Gasteiger partial charge < -0.3 is 5.73 Å². The van der Waals surface area contributed by atoms with Crippen molar-refractivity contribution in [3.05, 3.63) is 43.1 Å². The molecule has 0 atom stereocenters. The minimum atomic E-state index is 0. The molecule has 0 saturated heterocycles. The van der Waals surface area contributed by atoms with Gasteiger partial charge in [-0.05, 0) is 12.1 Å². The molecule has 3 rings (SSSR count). The number of hydrogen-bond acceptors (Lipinski definition) is 3. The first-order chi connectivity index (χ1) is 7.36. The number of nitrogen functional groups attached to an aromatic ring is 1. The van der Waals surface area contributed by atoms with Crippen molar-refractivity contribution >= 4 is 36.0 Å². The maximum Gasteiger partial charge on any atom is 0.184 e. The molecule has 0 spiro atoms. The van der Waals surface area contributed by atoms with Crippen LogP contribution in [0.25, 0.3) is 11.3 Å². The zero-order valence-corrected chi connectivity index (χ0v) is 10.4. The van der Waals surface area contributed by atoms with Crippen LogP contribution in [0.2, 0.25) is 0 Å². The van der Waals surface area contributed by atoms with Crippen molar-refractivity contribution in [2.75, 3.05) is 5.73 Å². The molecule has 0 aromatic carbocycles. The van der Waals surface area contributed by atoms with Crippen molar-refractivity contribution < 1.29 is 0 Å². The third-order valence-electron chi connectivity index (χ3n) is 2.31. The highest BCUT2D eigenvalue weighted by atomic mass is 35.5. The highest BCUT2D eigenvalue weighted by Gasteiger charge is 2.09. The van der Waals surface area contributed by atoms with Gasteiger partial charge in [0.1, 0.15) is 12.0 Å². The summed E-state index contributed by atoms with van der Waals surface area (Å²) in [5.41, 5.74) is 7.56. The van der Waals surface area contributed by atoms with Crippen LogP contribution >= 0.6 is 24.8 Å². The van der Waals surface area contributed by atoms with Crippen LogP contribution in [-0.2, 0) is 0 Å². The highest BCUT2D eigenvalue weighted by molar-refractivity contribution is 5.85. The molecular weight excluding hydrogens is 261 g/mol. The van der Waals surface area contributed by atoms with E-state index in [9.17, 15) is 0 Å². The van der Waals surface area contributed by atoms with E-state index in [2.05, 4.69) is 10.1 Å². The molecule has 0 amide bonds. The predicted molar refractivity (Wildman–Crippen MR) is 71.2 cm³/mol. The fourth-order valence-electron chi connectivity index (χ4n) is 1.58. The first kappa shape index (κ1) is 13.3. The molecule has 0 bridgehead atoms. The summed E-state index contributed by atoms with van der Waals surface area (Å²) in [6.45, 7) is 0. The van der Waals surface area contributed by atoms with E-state index < -0.39 is 0 Å². The van der Waals surface area contributed by atoms with Crippen molar-refractivity contribution in [2.24, 2.45) is 0 Å². The van der Waals surface area contributed by atoms with Gasteiger partial charge in [0.05, 0.1) is 5.52 Å². The van der Waals surface area contributed by atoms with Crippen LogP contribution in [-0.4, -0.2) is 19.2 Å². The molecule has 3 aromatic heterocycles. The van der Waals surface area contributed by atoms with E-state index in [0.29, 0.717) is 11.5 Å². The SMILES string of the molecule is Cl.Cl.Nc1c(-n2ccnc2)nn2ccccc12. The fourth-order valence-corrected chi connectivity index (χ4v) is 1.58. The van der Waals surface area contributed by atoms with Crippen molar-refractivity contribution in [1.29, 1.82) is 0 Å². The molecule has 0 aliphatic heterocycles. The summed E-state index contributed by atoms with van der Waals surface area (Å²) >= 11 is 0. The summed E-state index contributed by atoms with van der Waals surface area (Å²) in [6.07, 6.45) is 7.06. The van der Waals surface area contributed by atoms with Gasteiger partial charge in [0, 0.05) is 18.6 Å². The lowest BCUT2D eigenvalue weighted by Crippen LogP contribution is -1.95. The maximum absolute atomic E-state index is 6.00. The van der Waals surface area contributed by atoms with Gasteiger partial charge in [0.2, 0.25) is 0 Å². The number of nitrogens with zero attached hydrogens (tertiary/aromatic N) is 4. The lowest BCUT2D eigenvalue weighted by Gasteiger charge is -1.95. The van der Waals surface area contributed by atoms with Crippen molar-refractivity contribution in [3.8, 4) is 5.82 Å². The molecule has 0 aliphatic carbocycles. The number of halogens is 2. The van der Waals surface area contributed by atoms with Crippen LogP contribution in [0.5, 0.6) is 0 Å². The van der Waals surface area contributed by atoms with E-state index in [1.807, 2.05) is 30.6 Å². The van der Waals surface area contributed by atoms with Gasteiger partial charge in [-0.15, -0.1) is 29.9 Å². The highest BCUT2D eigenvalue weighted by Crippen LogP contribution is 2.20. The Kier molecular flexibility index (Phi) is 3.98. The van der Waals surface area contributed by atoms with E-state index in [4.69, 9.17) is 5.73 Å². The zero-order chi connectivity index (χ0) is 10.3. The third kappa shape index (κ3) is 2.07. The van der Waals surface area contributed by atoms with E-state index in [0.717, 1.165) is 5.52 Å². The van der Waals surface area contributed by atoms with Gasteiger partial charge in [-0.2, -0.15) is 0 Å². The van der Waals surface area contributed by atoms with Gasteiger partial charge in [-0.25, -0.2) is 9.50 Å². The number of rotatable bonds is 1. The number of nitrogens with two attached hydrogens (primary N) is 1. The molecule has 2 N–H and O–H groups in total. The molecule has 0 aliphatic rings. The number of imidazole rings is 1. The minimum Gasteiger partial charge on any atom is -0.394 e. The van der Waals surface area contributed by atoms with Crippen LogP contribution in [0.1, 0.15) is 0 Å². The standard InChI is InChI=1S/C10H9N5.2ClH/c11-9-8-3-1-2-5-15(8)13-10(9)14-6-4-12-7-14;;/h1-7H,11H2;2*1H. The Morgan fingerprint density at radius 1 is 1.12 bits per heavy atom. The third-order valence-corrected chi connectivity index (χ3v) is 2.31. The van der Waals surface area contributed by atoms with Crippen LogP contribution < -0.4 is 5.73 Å². The first-order valence-electron chi connectivity index (χ1n) is 4.57. The summed E-state index contributed by atoms with van der Waals surface area (Å²) in [5, 5.41) is 4.37. The number of hydrogen-bond donors (Lipinski definition) is 1. The first-order valence-corrected chi connectivity index (χ1v) is 4.57.